The van der Waals surface area contributed by atoms with E-state index in [1.165, 1.54) is 0 Å². The molecule has 0 unspecified atom stereocenters. The average Bonchev–Trinajstić information content (AvgIpc) is 2.13. The standard InChI is InChI=1S/C9H17F3N2O/c1-4-8(3,5-2)14-7(15)13-6-9(10,11)12/h4-6H2,1-3H3,(H2,13,14,15). The molecule has 0 aromatic heterocycles. The monoisotopic (exact) mass is 226 g/mol. The van der Waals surface area contributed by atoms with Gasteiger partial charge in [0.05, 0.1) is 0 Å². The Balaban J connectivity index is 4.04. The van der Waals surface area contributed by atoms with Gasteiger partial charge in [0, 0.05) is 5.54 Å². The van der Waals surface area contributed by atoms with E-state index in [0.717, 1.165) is 0 Å². The molecule has 0 spiro atoms. The van der Waals surface area contributed by atoms with Gasteiger partial charge in [0.1, 0.15) is 6.54 Å². The number of urea groups is 1. The predicted octanol–water partition coefficient (Wildman–Crippen LogP) is 2.43. The molecule has 2 amide bonds. The zero-order chi connectivity index (χ0) is 12.1. The van der Waals surface area contributed by atoms with Crippen LogP contribution in [0.4, 0.5) is 18.0 Å². The Morgan fingerprint density at radius 1 is 1.20 bits per heavy atom. The van der Waals surface area contributed by atoms with Gasteiger partial charge in [-0.25, -0.2) is 4.79 Å². The zero-order valence-electron chi connectivity index (χ0n) is 9.16. The minimum absolute atomic E-state index is 0.449. The molecule has 0 saturated carbocycles. The number of rotatable bonds is 4. The molecule has 15 heavy (non-hydrogen) atoms. The second-order valence-corrected chi connectivity index (χ2v) is 3.69. The summed E-state index contributed by atoms with van der Waals surface area (Å²) in [4.78, 5) is 11.1. The summed E-state index contributed by atoms with van der Waals surface area (Å²) in [6.07, 6.45) is -3.03. The van der Waals surface area contributed by atoms with E-state index in [0.29, 0.717) is 12.8 Å². The van der Waals surface area contributed by atoms with Crippen LogP contribution < -0.4 is 10.6 Å². The first-order valence-corrected chi connectivity index (χ1v) is 4.85. The molecule has 0 rings (SSSR count). The van der Waals surface area contributed by atoms with Gasteiger partial charge in [-0.2, -0.15) is 13.2 Å². The summed E-state index contributed by atoms with van der Waals surface area (Å²) in [6, 6.07) is -0.779. The molecular weight excluding hydrogens is 209 g/mol. The third-order valence-electron chi connectivity index (χ3n) is 2.43. The van der Waals surface area contributed by atoms with Crippen LogP contribution in [0.5, 0.6) is 0 Å². The molecule has 0 aromatic rings. The van der Waals surface area contributed by atoms with Crippen molar-refractivity contribution in [2.75, 3.05) is 6.54 Å². The normalized spacial score (nSPS) is 12.4. The molecule has 0 radical (unpaired) electrons. The molecule has 0 heterocycles. The van der Waals surface area contributed by atoms with Gasteiger partial charge in [-0.3, -0.25) is 0 Å². The Morgan fingerprint density at radius 3 is 2.00 bits per heavy atom. The summed E-state index contributed by atoms with van der Waals surface area (Å²) in [7, 11) is 0. The quantitative estimate of drug-likeness (QED) is 0.759. The van der Waals surface area contributed by atoms with Crippen molar-refractivity contribution in [2.45, 2.75) is 45.3 Å². The number of hydrogen-bond donors (Lipinski definition) is 2. The number of amides is 2. The van der Waals surface area contributed by atoms with E-state index >= 15 is 0 Å². The van der Waals surface area contributed by atoms with Crippen molar-refractivity contribution in [1.82, 2.24) is 10.6 Å². The molecule has 0 aliphatic carbocycles. The zero-order valence-corrected chi connectivity index (χ0v) is 9.16. The van der Waals surface area contributed by atoms with Gasteiger partial charge in [0.2, 0.25) is 0 Å². The number of carbonyl (C=O) groups is 1. The van der Waals surface area contributed by atoms with Gasteiger partial charge in [0.15, 0.2) is 0 Å². The van der Waals surface area contributed by atoms with Crippen molar-refractivity contribution in [3.8, 4) is 0 Å². The van der Waals surface area contributed by atoms with Crippen LogP contribution in [0.3, 0.4) is 0 Å². The van der Waals surface area contributed by atoms with Crippen LogP contribution in [-0.4, -0.2) is 24.3 Å². The van der Waals surface area contributed by atoms with E-state index in [-0.39, 0.29) is 0 Å². The summed E-state index contributed by atoms with van der Waals surface area (Å²) in [5, 5.41) is 4.29. The molecule has 2 N–H and O–H groups in total. The Bertz CT molecular complexity index is 212. The van der Waals surface area contributed by atoms with Gasteiger partial charge in [-0.15, -0.1) is 0 Å². The van der Waals surface area contributed by atoms with Gasteiger partial charge in [0.25, 0.3) is 0 Å². The Labute approximate surface area is 87.4 Å². The molecule has 6 heteroatoms. The minimum Gasteiger partial charge on any atom is -0.333 e. The van der Waals surface area contributed by atoms with Gasteiger partial charge in [-0.05, 0) is 19.8 Å². The first-order chi connectivity index (χ1) is 6.72. The molecule has 0 atom stereocenters. The van der Waals surface area contributed by atoms with Crippen molar-refractivity contribution < 1.29 is 18.0 Å². The average molecular weight is 226 g/mol. The van der Waals surface area contributed by atoms with E-state index in [1.807, 2.05) is 13.8 Å². The molecule has 0 bridgehead atoms. The topological polar surface area (TPSA) is 41.1 Å². The first-order valence-electron chi connectivity index (χ1n) is 4.85. The van der Waals surface area contributed by atoms with E-state index in [9.17, 15) is 18.0 Å². The van der Waals surface area contributed by atoms with Crippen molar-refractivity contribution >= 4 is 6.03 Å². The summed E-state index contributed by atoms with van der Waals surface area (Å²) >= 11 is 0. The molecule has 3 nitrogen and oxygen atoms in total. The second-order valence-electron chi connectivity index (χ2n) is 3.69. The molecule has 0 fully saturated rings. The van der Waals surface area contributed by atoms with Crippen LogP contribution in [0.15, 0.2) is 0 Å². The fourth-order valence-corrected chi connectivity index (χ4v) is 0.926. The maximum atomic E-state index is 11.8. The molecule has 0 aliphatic heterocycles. The van der Waals surface area contributed by atoms with Crippen molar-refractivity contribution in [2.24, 2.45) is 0 Å². The summed E-state index contributed by atoms with van der Waals surface area (Å²) in [5.41, 5.74) is -0.449. The highest BCUT2D eigenvalue weighted by atomic mass is 19.4. The van der Waals surface area contributed by atoms with Crippen LogP contribution in [-0.2, 0) is 0 Å². The fourth-order valence-electron chi connectivity index (χ4n) is 0.926. The van der Waals surface area contributed by atoms with E-state index in [2.05, 4.69) is 5.32 Å². The van der Waals surface area contributed by atoms with Crippen molar-refractivity contribution in [3.63, 3.8) is 0 Å². The predicted molar refractivity (Wildman–Crippen MR) is 51.6 cm³/mol. The number of carbonyl (C=O) groups excluding carboxylic acids is 1. The smallest absolute Gasteiger partial charge is 0.333 e. The molecule has 0 aliphatic rings. The Morgan fingerprint density at radius 2 is 1.67 bits per heavy atom. The summed E-state index contributed by atoms with van der Waals surface area (Å²) in [6.45, 7) is 4.23. The molecule has 90 valence electrons. The lowest BCUT2D eigenvalue weighted by atomic mass is 9.96. The molecule has 0 aromatic carbocycles. The van der Waals surface area contributed by atoms with E-state index in [1.54, 1.807) is 12.2 Å². The highest BCUT2D eigenvalue weighted by molar-refractivity contribution is 5.74. The summed E-state index contributed by atoms with van der Waals surface area (Å²) in [5.74, 6) is 0. The maximum Gasteiger partial charge on any atom is 0.405 e. The van der Waals surface area contributed by atoms with Crippen molar-refractivity contribution in [1.29, 1.82) is 0 Å². The van der Waals surface area contributed by atoms with E-state index in [4.69, 9.17) is 0 Å². The van der Waals surface area contributed by atoms with Crippen LogP contribution in [0.1, 0.15) is 33.6 Å². The maximum absolute atomic E-state index is 11.8. The van der Waals surface area contributed by atoms with Crippen molar-refractivity contribution in [3.05, 3.63) is 0 Å². The second kappa shape index (κ2) is 5.23. The van der Waals surface area contributed by atoms with Crippen LogP contribution >= 0.6 is 0 Å². The van der Waals surface area contributed by atoms with Crippen LogP contribution in [0, 0.1) is 0 Å². The number of nitrogens with one attached hydrogen (secondary N) is 2. The minimum atomic E-state index is -4.37. The van der Waals surface area contributed by atoms with Gasteiger partial charge in [-0.1, -0.05) is 13.8 Å². The highest BCUT2D eigenvalue weighted by Crippen LogP contribution is 2.14. The Kier molecular flexibility index (Phi) is 4.90. The SMILES string of the molecule is CCC(C)(CC)NC(=O)NCC(F)(F)F. The largest absolute Gasteiger partial charge is 0.405 e. The molecular formula is C9H17F3N2O. The van der Waals surface area contributed by atoms with Gasteiger partial charge >= 0.3 is 12.2 Å². The summed E-state index contributed by atoms with van der Waals surface area (Å²) < 4.78 is 35.3. The lowest BCUT2D eigenvalue weighted by Crippen LogP contribution is -2.51. The third kappa shape index (κ3) is 6.19. The van der Waals surface area contributed by atoms with Gasteiger partial charge < -0.3 is 10.6 Å². The number of alkyl halides is 3. The molecule has 0 saturated heterocycles. The Hall–Kier alpha value is -0.940. The van der Waals surface area contributed by atoms with E-state index < -0.39 is 24.3 Å². The lowest BCUT2D eigenvalue weighted by Gasteiger charge is -2.28. The lowest BCUT2D eigenvalue weighted by molar-refractivity contribution is -0.122. The third-order valence-corrected chi connectivity index (χ3v) is 2.43. The highest BCUT2D eigenvalue weighted by Gasteiger charge is 2.29. The fraction of sp³-hybridized carbons (Fsp3) is 0.889. The first kappa shape index (κ1) is 14.1. The van der Waals surface area contributed by atoms with Crippen LogP contribution in [0.2, 0.25) is 0 Å². The van der Waals surface area contributed by atoms with Crippen LogP contribution in [0.25, 0.3) is 0 Å². The number of hydrogen-bond acceptors (Lipinski definition) is 1. The number of halogens is 3.